The topological polar surface area (TPSA) is 133 Å². The molecule has 0 bridgehead atoms. The predicted octanol–water partition coefficient (Wildman–Crippen LogP) is 2.08. The molecule has 0 saturated heterocycles. The van der Waals surface area contributed by atoms with E-state index < -0.39 is 20.9 Å². The minimum Gasteiger partial charge on any atom is -0.457 e. The first-order valence-corrected chi connectivity index (χ1v) is 9.76. The van der Waals surface area contributed by atoms with Gasteiger partial charge in [0.15, 0.2) is 12.4 Å². The number of Topliss-reactive ketones (excluding diaryl/α,β-unsaturated/α-hetero) is 1. The summed E-state index contributed by atoms with van der Waals surface area (Å²) in [6.07, 6.45) is 0.107. The van der Waals surface area contributed by atoms with Gasteiger partial charge in [-0.1, -0.05) is 30.3 Å². The average Bonchev–Trinajstić information content (AvgIpc) is 2.70. The number of carbonyl (C=O) groups is 2. The van der Waals surface area contributed by atoms with Crippen molar-refractivity contribution >= 4 is 27.5 Å². The molecular weight excluding hydrogens is 388 g/mol. The lowest BCUT2D eigenvalue weighted by atomic mass is 10.1. The zero-order valence-corrected chi connectivity index (χ0v) is 15.6. The first-order chi connectivity index (χ1) is 13.3. The molecule has 148 valence electrons. The van der Waals surface area contributed by atoms with E-state index in [2.05, 4.69) is 4.72 Å². The lowest BCUT2D eigenvalue weighted by Crippen LogP contribution is -2.25. The number of carbonyl (C=O) groups excluding carboxylic acids is 2. The summed E-state index contributed by atoms with van der Waals surface area (Å²) in [5.41, 5.74) is 0.220. The number of nitro groups is 1. The van der Waals surface area contributed by atoms with Gasteiger partial charge in [0.05, 0.1) is 9.82 Å². The average molecular weight is 406 g/mol. The van der Waals surface area contributed by atoms with E-state index in [0.717, 1.165) is 24.3 Å². The van der Waals surface area contributed by atoms with Crippen LogP contribution in [0.1, 0.15) is 23.2 Å². The molecule has 0 unspecified atom stereocenters. The van der Waals surface area contributed by atoms with Crippen LogP contribution in [0.3, 0.4) is 0 Å². The zero-order valence-electron chi connectivity index (χ0n) is 14.7. The molecular formula is C18H18N2O7S. The molecule has 0 spiro atoms. The number of hydrogen-bond acceptors (Lipinski definition) is 7. The Kier molecular flexibility index (Phi) is 7.36. The highest BCUT2D eigenvalue weighted by Crippen LogP contribution is 2.15. The van der Waals surface area contributed by atoms with Crippen molar-refractivity contribution in [2.75, 3.05) is 13.2 Å². The summed E-state index contributed by atoms with van der Waals surface area (Å²) in [7, 11) is -3.84. The number of hydrogen-bond donors (Lipinski definition) is 1. The minimum absolute atomic E-state index is 0.0267. The van der Waals surface area contributed by atoms with Crippen LogP contribution in [-0.2, 0) is 19.6 Å². The molecule has 0 aromatic heterocycles. The molecule has 2 rings (SSSR count). The highest BCUT2D eigenvalue weighted by Gasteiger charge is 2.16. The van der Waals surface area contributed by atoms with Crippen LogP contribution in [0.4, 0.5) is 5.69 Å². The number of sulfonamides is 1. The van der Waals surface area contributed by atoms with Crippen LogP contribution in [-0.4, -0.2) is 38.2 Å². The van der Waals surface area contributed by atoms with Crippen molar-refractivity contribution in [2.24, 2.45) is 0 Å². The maximum absolute atomic E-state index is 12.1. The highest BCUT2D eigenvalue weighted by molar-refractivity contribution is 7.89. The number of ether oxygens (including phenoxy) is 1. The number of nitrogens with one attached hydrogen (secondary N) is 1. The van der Waals surface area contributed by atoms with E-state index in [-0.39, 0.29) is 42.4 Å². The molecule has 0 aliphatic carbocycles. The predicted molar refractivity (Wildman–Crippen MR) is 99.3 cm³/mol. The molecule has 10 heteroatoms. The zero-order chi connectivity index (χ0) is 20.6. The first kappa shape index (κ1) is 21.2. The fourth-order valence-electron chi connectivity index (χ4n) is 2.20. The molecule has 28 heavy (non-hydrogen) atoms. The third-order valence-corrected chi connectivity index (χ3v) is 5.14. The number of benzene rings is 2. The number of non-ortho nitro benzene ring substituents is 1. The molecule has 0 aliphatic rings. The van der Waals surface area contributed by atoms with E-state index in [9.17, 15) is 28.1 Å². The van der Waals surface area contributed by atoms with Gasteiger partial charge < -0.3 is 4.74 Å². The van der Waals surface area contributed by atoms with Crippen LogP contribution < -0.4 is 4.72 Å². The van der Waals surface area contributed by atoms with Gasteiger partial charge in [-0.3, -0.25) is 19.7 Å². The summed E-state index contributed by atoms with van der Waals surface area (Å²) in [6, 6.07) is 12.8. The number of nitro benzene ring substituents is 1. The highest BCUT2D eigenvalue weighted by atomic mass is 32.2. The maximum Gasteiger partial charge on any atom is 0.306 e. The minimum atomic E-state index is -3.84. The molecule has 0 fully saturated rings. The second-order valence-electron chi connectivity index (χ2n) is 5.70. The van der Waals surface area contributed by atoms with Gasteiger partial charge in [-0.25, -0.2) is 13.1 Å². The van der Waals surface area contributed by atoms with E-state index in [0.29, 0.717) is 5.56 Å². The maximum atomic E-state index is 12.1. The van der Waals surface area contributed by atoms with Crippen LogP contribution in [0.15, 0.2) is 59.5 Å². The van der Waals surface area contributed by atoms with Gasteiger partial charge in [0, 0.05) is 30.7 Å². The number of ketones is 1. The van der Waals surface area contributed by atoms with Crippen LogP contribution in [0.25, 0.3) is 0 Å². The van der Waals surface area contributed by atoms with Crippen molar-refractivity contribution < 1.29 is 27.7 Å². The SMILES string of the molecule is O=C(CCCNS(=O)(=O)c1ccc([N+](=O)[O-])cc1)OCC(=O)c1ccccc1. The van der Waals surface area contributed by atoms with E-state index in [4.69, 9.17) is 4.74 Å². The molecule has 2 aromatic carbocycles. The molecule has 0 heterocycles. The largest absolute Gasteiger partial charge is 0.457 e. The van der Waals surface area contributed by atoms with E-state index >= 15 is 0 Å². The lowest BCUT2D eigenvalue weighted by Gasteiger charge is -2.07. The third-order valence-electron chi connectivity index (χ3n) is 3.67. The van der Waals surface area contributed by atoms with E-state index in [1.54, 1.807) is 30.3 Å². The molecule has 2 aromatic rings. The Balaban J connectivity index is 1.73. The quantitative estimate of drug-likeness (QED) is 0.210. The Morgan fingerprint density at radius 3 is 2.29 bits per heavy atom. The number of rotatable bonds is 10. The van der Waals surface area contributed by atoms with Crippen LogP contribution >= 0.6 is 0 Å². The van der Waals surface area contributed by atoms with Crippen molar-refractivity contribution in [1.82, 2.24) is 4.72 Å². The molecule has 1 N–H and O–H groups in total. The molecule has 0 atom stereocenters. The van der Waals surface area contributed by atoms with Gasteiger partial charge in [-0.2, -0.15) is 0 Å². The standard InChI is InChI=1S/C18H18N2O7S/c21-17(14-5-2-1-3-6-14)13-27-18(22)7-4-12-19-28(25,26)16-10-8-15(9-11-16)20(23)24/h1-3,5-6,8-11,19H,4,7,12-13H2. The third kappa shape index (κ3) is 6.25. The Morgan fingerprint density at radius 1 is 1.04 bits per heavy atom. The summed E-state index contributed by atoms with van der Waals surface area (Å²) in [5.74, 6) is -0.938. The van der Waals surface area contributed by atoms with Crippen LogP contribution in [0.2, 0.25) is 0 Å². The molecule has 0 amide bonds. The van der Waals surface area contributed by atoms with Gasteiger partial charge in [-0.05, 0) is 18.6 Å². The summed E-state index contributed by atoms with van der Waals surface area (Å²) in [6.45, 7) is -0.404. The van der Waals surface area contributed by atoms with Crippen LogP contribution in [0.5, 0.6) is 0 Å². The van der Waals surface area contributed by atoms with Gasteiger partial charge in [0.1, 0.15) is 0 Å². The van der Waals surface area contributed by atoms with Gasteiger partial charge in [-0.15, -0.1) is 0 Å². The van der Waals surface area contributed by atoms with Gasteiger partial charge >= 0.3 is 5.97 Å². The molecule has 0 saturated carbocycles. The summed E-state index contributed by atoms with van der Waals surface area (Å²) in [4.78, 5) is 33.3. The van der Waals surface area contributed by atoms with E-state index in [1.165, 1.54) is 0 Å². The van der Waals surface area contributed by atoms with Gasteiger partial charge in [0.25, 0.3) is 5.69 Å². The summed E-state index contributed by atoms with van der Waals surface area (Å²) in [5, 5.41) is 10.6. The summed E-state index contributed by atoms with van der Waals surface area (Å²) < 4.78 is 31.4. The van der Waals surface area contributed by atoms with E-state index in [1.807, 2.05) is 0 Å². The Labute approximate surface area is 161 Å². The van der Waals surface area contributed by atoms with Crippen molar-refractivity contribution in [3.8, 4) is 0 Å². The van der Waals surface area contributed by atoms with Gasteiger partial charge in [0.2, 0.25) is 10.0 Å². The summed E-state index contributed by atoms with van der Waals surface area (Å²) >= 11 is 0. The molecule has 0 radical (unpaired) electrons. The normalized spacial score (nSPS) is 11.0. The van der Waals surface area contributed by atoms with Crippen molar-refractivity contribution in [3.05, 3.63) is 70.3 Å². The van der Waals surface area contributed by atoms with Crippen molar-refractivity contribution in [1.29, 1.82) is 0 Å². The Bertz CT molecular complexity index is 942. The second kappa shape index (κ2) is 9.72. The lowest BCUT2D eigenvalue weighted by molar-refractivity contribution is -0.384. The fourth-order valence-corrected chi connectivity index (χ4v) is 3.27. The Hall–Kier alpha value is -3.11. The molecule has 9 nitrogen and oxygen atoms in total. The fraction of sp³-hybridized carbons (Fsp3) is 0.222. The van der Waals surface area contributed by atoms with Crippen LogP contribution in [0, 0.1) is 10.1 Å². The van der Waals surface area contributed by atoms with Crippen molar-refractivity contribution in [2.45, 2.75) is 17.7 Å². The smallest absolute Gasteiger partial charge is 0.306 e. The second-order valence-corrected chi connectivity index (χ2v) is 7.47. The number of nitrogens with zero attached hydrogens (tertiary/aromatic N) is 1. The molecule has 0 aliphatic heterocycles. The number of esters is 1. The Morgan fingerprint density at radius 2 is 1.68 bits per heavy atom. The van der Waals surface area contributed by atoms with Crippen molar-refractivity contribution in [3.63, 3.8) is 0 Å². The monoisotopic (exact) mass is 406 g/mol. The first-order valence-electron chi connectivity index (χ1n) is 8.27.